The Morgan fingerprint density at radius 1 is 1.21 bits per heavy atom. The highest BCUT2D eigenvalue weighted by Crippen LogP contribution is 2.12. The van der Waals surface area contributed by atoms with Crippen molar-refractivity contribution in [2.24, 2.45) is 0 Å². The molecule has 2 N–H and O–H groups in total. The summed E-state index contributed by atoms with van der Waals surface area (Å²) >= 11 is 0. The normalized spacial score (nSPS) is 10.0. The standard InChI is InChI=1S/C13H13N3O3/c1-8-6-11(16-19-8)13(18)15-10-5-3-4-9(7-10)12(17)14-2/h3-7H,1-2H3,(H,14,17)(H,15,18). The van der Waals surface area contributed by atoms with Gasteiger partial charge in [0.25, 0.3) is 11.8 Å². The Morgan fingerprint density at radius 3 is 2.63 bits per heavy atom. The average Bonchev–Trinajstić information content (AvgIpc) is 2.85. The van der Waals surface area contributed by atoms with Gasteiger partial charge in [-0.3, -0.25) is 9.59 Å². The molecule has 2 amide bonds. The summed E-state index contributed by atoms with van der Waals surface area (Å²) < 4.78 is 4.83. The summed E-state index contributed by atoms with van der Waals surface area (Å²) in [6, 6.07) is 8.17. The second-order valence-corrected chi connectivity index (χ2v) is 3.94. The zero-order valence-electron chi connectivity index (χ0n) is 10.6. The minimum Gasteiger partial charge on any atom is -0.361 e. The van der Waals surface area contributed by atoms with Crippen LogP contribution in [0, 0.1) is 6.92 Å². The summed E-state index contributed by atoms with van der Waals surface area (Å²) in [6.45, 7) is 1.70. The number of hydrogen-bond donors (Lipinski definition) is 2. The highest BCUT2D eigenvalue weighted by Gasteiger charge is 2.12. The first-order valence-corrected chi connectivity index (χ1v) is 5.67. The molecule has 0 aliphatic heterocycles. The fourth-order valence-corrected chi connectivity index (χ4v) is 1.55. The molecule has 6 nitrogen and oxygen atoms in total. The van der Waals surface area contributed by atoms with E-state index in [0.29, 0.717) is 17.0 Å². The van der Waals surface area contributed by atoms with Crippen molar-refractivity contribution >= 4 is 17.5 Å². The number of nitrogens with one attached hydrogen (secondary N) is 2. The Labute approximate surface area is 109 Å². The summed E-state index contributed by atoms with van der Waals surface area (Å²) in [5.41, 5.74) is 1.19. The van der Waals surface area contributed by atoms with Crippen LogP contribution in [0.4, 0.5) is 5.69 Å². The first kappa shape index (κ1) is 12.8. The molecular formula is C13H13N3O3. The molecule has 0 saturated carbocycles. The first-order chi connectivity index (χ1) is 9.10. The van der Waals surface area contributed by atoms with E-state index in [1.54, 1.807) is 38.2 Å². The number of hydrogen-bond acceptors (Lipinski definition) is 4. The molecule has 0 bridgehead atoms. The maximum Gasteiger partial charge on any atom is 0.277 e. The Bertz CT molecular complexity index is 619. The van der Waals surface area contributed by atoms with E-state index in [9.17, 15) is 9.59 Å². The summed E-state index contributed by atoms with van der Waals surface area (Å²) in [6.07, 6.45) is 0. The fraction of sp³-hybridized carbons (Fsp3) is 0.154. The van der Waals surface area contributed by atoms with E-state index >= 15 is 0 Å². The lowest BCUT2D eigenvalue weighted by molar-refractivity contribution is 0.0961. The topological polar surface area (TPSA) is 84.2 Å². The van der Waals surface area contributed by atoms with Crippen molar-refractivity contribution in [1.82, 2.24) is 10.5 Å². The van der Waals surface area contributed by atoms with Gasteiger partial charge in [0.15, 0.2) is 5.69 Å². The maximum absolute atomic E-state index is 11.8. The Kier molecular flexibility index (Phi) is 3.61. The van der Waals surface area contributed by atoms with Crippen molar-refractivity contribution in [1.29, 1.82) is 0 Å². The van der Waals surface area contributed by atoms with Gasteiger partial charge in [-0.25, -0.2) is 0 Å². The molecule has 0 saturated heterocycles. The van der Waals surface area contributed by atoms with Gasteiger partial charge in [0, 0.05) is 24.4 Å². The van der Waals surface area contributed by atoms with Crippen LogP contribution >= 0.6 is 0 Å². The number of aryl methyl sites for hydroxylation is 1. The first-order valence-electron chi connectivity index (χ1n) is 5.67. The van der Waals surface area contributed by atoms with Gasteiger partial charge in [0.2, 0.25) is 0 Å². The monoisotopic (exact) mass is 259 g/mol. The van der Waals surface area contributed by atoms with E-state index in [-0.39, 0.29) is 17.5 Å². The third-order valence-electron chi connectivity index (χ3n) is 2.47. The Morgan fingerprint density at radius 2 is 2.00 bits per heavy atom. The highest BCUT2D eigenvalue weighted by atomic mass is 16.5. The summed E-state index contributed by atoms with van der Waals surface area (Å²) in [7, 11) is 1.55. The van der Waals surface area contributed by atoms with Gasteiger partial charge in [-0.2, -0.15) is 0 Å². The molecule has 98 valence electrons. The fourth-order valence-electron chi connectivity index (χ4n) is 1.55. The third-order valence-corrected chi connectivity index (χ3v) is 2.47. The van der Waals surface area contributed by atoms with E-state index in [1.807, 2.05) is 0 Å². The quantitative estimate of drug-likeness (QED) is 0.876. The molecule has 19 heavy (non-hydrogen) atoms. The molecule has 1 heterocycles. The van der Waals surface area contributed by atoms with Crippen LogP contribution in [0.5, 0.6) is 0 Å². The van der Waals surface area contributed by atoms with Crippen LogP contribution < -0.4 is 10.6 Å². The number of benzene rings is 1. The van der Waals surface area contributed by atoms with Crippen LogP contribution in [0.1, 0.15) is 26.6 Å². The van der Waals surface area contributed by atoms with E-state index in [4.69, 9.17) is 4.52 Å². The zero-order valence-corrected chi connectivity index (χ0v) is 10.6. The molecule has 0 unspecified atom stereocenters. The highest BCUT2D eigenvalue weighted by molar-refractivity contribution is 6.03. The molecule has 2 aromatic rings. The molecule has 1 aromatic carbocycles. The van der Waals surface area contributed by atoms with E-state index in [0.717, 1.165) is 0 Å². The number of aromatic nitrogens is 1. The molecule has 0 fully saturated rings. The van der Waals surface area contributed by atoms with E-state index in [1.165, 1.54) is 6.07 Å². The summed E-state index contributed by atoms with van der Waals surface area (Å²) in [5, 5.41) is 8.79. The van der Waals surface area contributed by atoms with E-state index in [2.05, 4.69) is 15.8 Å². The molecule has 0 aliphatic carbocycles. The van der Waals surface area contributed by atoms with Gasteiger partial charge >= 0.3 is 0 Å². The number of anilines is 1. The van der Waals surface area contributed by atoms with Gasteiger partial charge in [-0.05, 0) is 25.1 Å². The minimum atomic E-state index is -0.383. The third kappa shape index (κ3) is 2.98. The van der Waals surface area contributed by atoms with Crippen molar-refractivity contribution in [3.8, 4) is 0 Å². The van der Waals surface area contributed by atoms with Crippen molar-refractivity contribution in [2.45, 2.75) is 6.92 Å². The van der Waals surface area contributed by atoms with Crippen molar-refractivity contribution in [2.75, 3.05) is 12.4 Å². The lowest BCUT2D eigenvalue weighted by Crippen LogP contribution is -2.18. The number of nitrogens with zero attached hydrogens (tertiary/aromatic N) is 1. The number of rotatable bonds is 3. The molecule has 2 rings (SSSR count). The Balaban J connectivity index is 2.15. The van der Waals surface area contributed by atoms with Crippen LogP contribution in [0.25, 0.3) is 0 Å². The summed E-state index contributed by atoms with van der Waals surface area (Å²) in [4.78, 5) is 23.3. The molecule has 0 spiro atoms. The predicted octanol–water partition coefficient (Wildman–Crippen LogP) is 1.59. The van der Waals surface area contributed by atoms with Crippen LogP contribution in [0.2, 0.25) is 0 Å². The molecule has 6 heteroatoms. The number of carbonyl (C=O) groups is 2. The van der Waals surface area contributed by atoms with Crippen LogP contribution in [0.15, 0.2) is 34.9 Å². The molecule has 0 radical (unpaired) electrons. The van der Waals surface area contributed by atoms with Gasteiger partial charge in [0.05, 0.1) is 0 Å². The minimum absolute atomic E-state index is 0.197. The Hall–Kier alpha value is -2.63. The van der Waals surface area contributed by atoms with Gasteiger partial charge < -0.3 is 15.2 Å². The molecular weight excluding hydrogens is 246 g/mol. The van der Waals surface area contributed by atoms with Crippen molar-refractivity contribution in [3.05, 3.63) is 47.3 Å². The molecule has 0 aliphatic rings. The summed E-state index contributed by atoms with van der Waals surface area (Å²) in [5.74, 6) is -0.0384. The van der Waals surface area contributed by atoms with Crippen molar-refractivity contribution < 1.29 is 14.1 Å². The van der Waals surface area contributed by atoms with Crippen LogP contribution in [-0.2, 0) is 0 Å². The van der Waals surface area contributed by atoms with Crippen LogP contribution in [0.3, 0.4) is 0 Å². The zero-order chi connectivity index (χ0) is 13.8. The molecule has 1 aromatic heterocycles. The van der Waals surface area contributed by atoms with Gasteiger partial charge in [0.1, 0.15) is 5.76 Å². The largest absolute Gasteiger partial charge is 0.361 e. The maximum atomic E-state index is 11.8. The lowest BCUT2D eigenvalue weighted by atomic mass is 10.2. The predicted molar refractivity (Wildman–Crippen MR) is 69.0 cm³/mol. The number of carbonyl (C=O) groups excluding carboxylic acids is 2. The smallest absolute Gasteiger partial charge is 0.277 e. The van der Waals surface area contributed by atoms with Crippen LogP contribution in [-0.4, -0.2) is 24.0 Å². The second-order valence-electron chi connectivity index (χ2n) is 3.94. The van der Waals surface area contributed by atoms with Gasteiger partial charge in [-0.15, -0.1) is 0 Å². The lowest BCUT2D eigenvalue weighted by Gasteiger charge is -2.05. The van der Waals surface area contributed by atoms with Gasteiger partial charge in [-0.1, -0.05) is 11.2 Å². The molecule has 0 atom stereocenters. The SMILES string of the molecule is CNC(=O)c1cccc(NC(=O)c2cc(C)on2)c1. The number of amides is 2. The second kappa shape index (κ2) is 5.34. The van der Waals surface area contributed by atoms with Crippen molar-refractivity contribution in [3.63, 3.8) is 0 Å². The van der Waals surface area contributed by atoms with E-state index < -0.39 is 0 Å². The average molecular weight is 259 g/mol.